The lowest BCUT2D eigenvalue weighted by Gasteiger charge is -2.30. The van der Waals surface area contributed by atoms with E-state index in [1.165, 1.54) is 5.12 Å². The predicted octanol–water partition coefficient (Wildman–Crippen LogP) is 1.46. The van der Waals surface area contributed by atoms with E-state index < -0.39 is 6.09 Å². The molecule has 0 aromatic heterocycles. The second-order valence-corrected chi connectivity index (χ2v) is 3.89. The molecule has 1 aliphatic carbocycles. The third kappa shape index (κ3) is 1.43. The lowest BCUT2D eigenvalue weighted by Crippen LogP contribution is -2.46. The molecule has 0 aromatic carbocycles. The zero-order valence-electron chi connectivity index (χ0n) is 9.46. The van der Waals surface area contributed by atoms with Gasteiger partial charge in [-0.1, -0.05) is 18.2 Å². The fourth-order valence-electron chi connectivity index (χ4n) is 2.18. The lowest BCUT2D eigenvalue weighted by atomic mass is 9.97. The summed E-state index contributed by atoms with van der Waals surface area (Å²) < 4.78 is 5.01. The summed E-state index contributed by atoms with van der Waals surface area (Å²) in [6.45, 7) is 2.15. The highest BCUT2D eigenvalue weighted by Crippen LogP contribution is 2.32. The van der Waals surface area contributed by atoms with Crippen molar-refractivity contribution in [2.45, 2.75) is 13.0 Å². The van der Waals surface area contributed by atoms with Gasteiger partial charge in [-0.2, -0.15) is 0 Å². The monoisotopic (exact) mass is 231 g/mol. The third-order valence-corrected chi connectivity index (χ3v) is 2.87. The van der Waals surface area contributed by atoms with Crippen LogP contribution in [0, 0.1) is 0 Å². The first-order valence-corrected chi connectivity index (χ1v) is 5.59. The normalized spacial score (nSPS) is 23.9. The summed E-state index contributed by atoms with van der Waals surface area (Å²) in [5, 5.41) is 3.24. The maximum absolute atomic E-state index is 11.8. The number of allylic oxidation sites excluding steroid dienone is 4. The molecule has 1 saturated heterocycles. The van der Waals surface area contributed by atoms with E-state index in [0.29, 0.717) is 6.61 Å². The van der Waals surface area contributed by atoms with Crippen molar-refractivity contribution < 1.29 is 9.53 Å². The molecule has 1 fully saturated rings. The molecule has 3 rings (SSSR count). The van der Waals surface area contributed by atoms with Gasteiger partial charge in [-0.15, -0.1) is 5.12 Å². The van der Waals surface area contributed by atoms with Crippen LogP contribution < -0.4 is 5.43 Å². The van der Waals surface area contributed by atoms with Gasteiger partial charge in [-0.25, -0.2) is 4.79 Å². The number of hydrazine groups is 2. The first kappa shape index (κ1) is 10.0. The molecule has 17 heavy (non-hydrogen) atoms. The molecule has 5 heteroatoms. The maximum atomic E-state index is 11.8. The van der Waals surface area contributed by atoms with Gasteiger partial charge in [-0.3, -0.25) is 10.4 Å². The van der Waals surface area contributed by atoms with Crippen molar-refractivity contribution in [1.82, 2.24) is 15.6 Å². The number of nitrogens with one attached hydrogen (secondary N) is 1. The minimum atomic E-state index is -0.395. The molecule has 1 N–H and O–H groups in total. The molecular weight excluding hydrogens is 218 g/mol. The highest BCUT2D eigenvalue weighted by Gasteiger charge is 2.40. The summed E-state index contributed by atoms with van der Waals surface area (Å²) in [5.41, 5.74) is 5.19. The number of nitrogens with zero attached hydrogens (tertiary/aromatic N) is 2. The summed E-state index contributed by atoms with van der Waals surface area (Å²) in [6.07, 6.45) is 11.4. The molecule has 2 heterocycles. The van der Waals surface area contributed by atoms with Crippen LogP contribution in [0.4, 0.5) is 4.79 Å². The topological polar surface area (TPSA) is 44.8 Å². The second-order valence-electron chi connectivity index (χ2n) is 3.89. The summed E-state index contributed by atoms with van der Waals surface area (Å²) in [7, 11) is 0. The number of hydrogen-bond acceptors (Lipinski definition) is 4. The van der Waals surface area contributed by atoms with E-state index in [9.17, 15) is 4.79 Å². The molecule has 0 bridgehead atoms. The van der Waals surface area contributed by atoms with Crippen LogP contribution in [0.5, 0.6) is 0 Å². The van der Waals surface area contributed by atoms with Gasteiger partial charge in [0.2, 0.25) is 0 Å². The Morgan fingerprint density at radius 1 is 1.47 bits per heavy atom. The summed E-state index contributed by atoms with van der Waals surface area (Å²) in [6, 6.07) is 0.0643. The summed E-state index contributed by atoms with van der Waals surface area (Å²) in [5.74, 6) is 0. The van der Waals surface area contributed by atoms with Gasteiger partial charge in [0.05, 0.1) is 12.3 Å². The molecule has 1 unspecified atom stereocenters. The molecule has 2 aliphatic heterocycles. The van der Waals surface area contributed by atoms with Crippen molar-refractivity contribution in [3.8, 4) is 0 Å². The Labute approximate surface area is 99.3 Å². The van der Waals surface area contributed by atoms with Crippen LogP contribution in [0.25, 0.3) is 0 Å². The van der Waals surface area contributed by atoms with Crippen LogP contribution in [0.3, 0.4) is 0 Å². The Morgan fingerprint density at radius 3 is 3.18 bits per heavy atom. The third-order valence-electron chi connectivity index (χ3n) is 2.87. The number of hydrogen-bond donors (Lipinski definition) is 1. The molecule has 5 nitrogen and oxygen atoms in total. The van der Waals surface area contributed by atoms with Crippen molar-refractivity contribution >= 4 is 6.09 Å². The maximum Gasteiger partial charge on any atom is 0.448 e. The van der Waals surface area contributed by atoms with Crippen LogP contribution in [0.15, 0.2) is 47.9 Å². The molecule has 0 saturated carbocycles. The van der Waals surface area contributed by atoms with Crippen molar-refractivity contribution in [2.24, 2.45) is 0 Å². The zero-order valence-corrected chi connectivity index (χ0v) is 9.46. The average molecular weight is 231 g/mol. The van der Waals surface area contributed by atoms with E-state index in [4.69, 9.17) is 4.74 Å². The Bertz CT molecular complexity index is 476. The Morgan fingerprint density at radius 2 is 2.35 bits per heavy atom. The number of ether oxygens (including phenoxy) is 1. The van der Waals surface area contributed by atoms with Gasteiger partial charge >= 0.3 is 6.09 Å². The predicted molar refractivity (Wildman–Crippen MR) is 62.1 cm³/mol. The van der Waals surface area contributed by atoms with Gasteiger partial charge in [0.1, 0.15) is 6.04 Å². The summed E-state index contributed by atoms with van der Waals surface area (Å²) >= 11 is 0. The molecule has 0 radical (unpaired) electrons. The van der Waals surface area contributed by atoms with Gasteiger partial charge < -0.3 is 4.74 Å². The van der Waals surface area contributed by atoms with Gasteiger partial charge in [-0.05, 0) is 24.6 Å². The lowest BCUT2D eigenvalue weighted by molar-refractivity contribution is 0.00938. The molecule has 88 valence electrons. The van der Waals surface area contributed by atoms with Crippen LogP contribution in [0.1, 0.15) is 6.92 Å². The van der Waals surface area contributed by atoms with Crippen LogP contribution in [0.2, 0.25) is 0 Å². The highest BCUT2D eigenvalue weighted by atomic mass is 16.6. The summed E-state index contributed by atoms with van der Waals surface area (Å²) in [4.78, 5) is 11.8. The first-order chi connectivity index (χ1) is 8.31. The fraction of sp³-hybridized carbons (Fsp3) is 0.250. The van der Waals surface area contributed by atoms with Gasteiger partial charge in [0, 0.05) is 6.20 Å². The molecular formula is C12H13N3O2. The molecule has 1 atom stereocenters. The average Bonchev–Trinajstić information content (AvgIpc) is 2.72. The van der Waals surface area contributed by atoms with Crippen LogP contribution in [-0.4, -0.2) is 28.9 Å². The number of amides is 1. The minimum Gasteiger partial charge on any atom is -0.447 e. The Balaban J connectivity index is 1.92. The van der Waals surface area contributed by atoms with E-state index in [1.807, 2.05) is 41.6 Å². The van der Waals surface area contributed by atoms with Gasteiger partial charge in [0.15, 0.2) is 0 Å². The molecule has 0 aromatic rings. The standard InChI is InChI=1S/C12H13N3O2/c1-2-17-12(16)15-13-10-7-3-5-9-6-4-8-14(15)11(9)10/h3-8,11,13H,2H2,1H3. The second kappa shape index (κ2) is 3.69. The van der Waals surface area contributed by atoms with Crippen molar-refractivity contribution in [3.05, 3.63) is 47.9 Å². The Hall–Kier alpha value is -2.17. The largest absolute Gasteiger partial charge is 0.448 e. The number of carbonyl (C=O) groups is 1. The first-order valence-electron chi connectivity index (χ1n) is 5.59. The molecule has 0 spiro atoms. The van der Waals surface area contributed by atoms with E-state index in [2.05, 4.69) is 5.43 Å². The van der Waals surface area contributed by atoms with E-state index in [-0.39, 0.29) is 6.04 Å². The highest BCUT2D eigenvalue weighted by molar-refractivity contribution is 5.68. The molecule has 3 aliphatic rings. The van der Waals surface area contributed by atoms with Crippen molar-refractivity contribution in [1.29, 1.82) is 0 Å². The van der Waals surface area contributed by atoms with Crippen LogP contribution in [-0.2, 0) is 4.74 Å². The van der Waals surface area contributed by atoms with E-state index in [0.717, 1.165) is 11.3 Å². The van der Waals surface area contributed by atoms with Crippen molar-refractivity contribution in [3.63, 3.8) is 0 Å². The smallest absolute Gasteiger partial charge is 0.447 e. The fourth-order valence-corrected chi connectivity index (χ4v) is 2.18. The number of carbonyl (C=O) groups excluding carboxylic acids is 1. The zero-order chi connectivity index (χ0) is 11.8. The number of rotatable bonds is 1. The van der Waals surface area contributed by atoms with E-state index in [1.54, 1.807) is 6.92 Å². The molecule has 1 amide bonds. The Kier molecular flexibility index (Phi) is 2.18. The van der Waals surface area contributed by atoms with E-state index >= 15 is 0 Å². The van der Waals surface area contributed by atoms with Crippen LogP contribution >= 0.6 is 0 Å². The minimum absolute atomic E-state index is 0.0643. The quantitative estimate of drug-likeness (QED) is 0.742. The van der Waals surface area contributed by atoms with Gasteiger partial charge in [0.25, 0.3) is 0 Å². The SMILES string of the molecule is CCOC(=O)N1NC2=CC=CC3=CC=CN1C32. The van der Waals surface area contributed by atoms with Crippen molar-refractivity contribution in [2.75, 3.05) is 6.61 Å².